The van der Waals surface area contributed by atoms with Gasteiger partial charge in [0.1, 0.15) is 0 Å². The first-order valence-electron chi connectivity index (χ1n) is 6.00. The lowest BCUT2D eigenvalue weighted by Crippen LogP contribution is -2.42. The number of amides is 1. The van der Waals surface area contributed by atoms with Crippen molar-refractivity contribution in [2.45, 2.75) is 19.3 Å². The van der Waals surface area contributed by atoms with E-state index in [0.717, 1.165) is 13.1 Å². The normalized spacial score (nSPS) is 16.8. The zero-order valence-electron chi connectivity index (χ0n) is 10.0. The number of rotatable bonds is 6. The Balaban J connectivity index is 2.39. The Morgan fingerprint density at radius 1 is 1.12 bits per heavy atom. The van der Waals surface area contributed by atoms with Gasteiger partial charge in [0.15, 0.2) is 0 Å². The van der Waals surface area contributed by atoms with Crippen molar-refractivity contribution in [1.29, 1.82) is 0 Å². The molecule has 3 nitrogen and oxygen atoms in total. The SMILES string of the molecule is C=CCN(CC=C)C(=O)CN1CCCCC1. The van der Waals surface area contributed by atoms with Crippen LogP contribution >= 0.6 is 0 Å². The number of hydrogen-bond donors (Lipinski definition) is 0. The maximum atomic E-state index is 12.0. The number of nitrogens with zero attached hydrogens (tertiary/aromatic N) is 2. The van der Waals surface area contributed by atoms with Crippen LogP contribution in [0.25, 0.3) is 0 Å². The molecule has 1 heterocycles. The predicted molar refractivity (Wildman–Crippen MR) is 67.3 cm³/mol. The maximum absolute atomic E-state index is 12.0. The smallest absolute Gasteiger partial charge is 0.237 e. The molecule has 0 N–H and O–H groups in total. The van der Waals surface area contributed by atoms with Gasteiger partial charge in [-0.2, -0.15) is 0 Å². The fourth-order valence-corrected chi connectivity index (χ4v) is 2.00. The minimum Gasteiger partial charge on any atom is -0.334 e. The van der Waals surface area contributed by atoms with E-state index in [9.17, 15) is 4.79 Å². The third-order valence-electron chi connectivity index (χ3n) is 2.86. The van der Waals surface area contributed by atoms with E-state index in [1.807, 2.05) is 0 Å². The van der Waals surface area contributed by atoms with Crippen molar-refractivity contribution in [3.63, 3.8) is 0 Å². The largest absolute Gasteiger partial charge is 0.334 e. The number of carbonyl (C=O) groups is 1. The second-order valence-electron chi connectivity index (χ2n) is 4.21. The zero-order chi connectivity index (χ0) is 11.8. The van der Waals surface area contributed by atoms with Crippen LogP contribution in [0.1, 0.15) is 19.3 Å². The minimum absolute atomic E-state index is 0.182. The summed E-state index contributed by atoms with van der Waals surface area (Å²) in [6.45, 7) is 11.2. The molecule has 0 spiro atoms. The molecule has 1 rings (SSSR count). The Kier molecular flexibility index (Phi) is 5.86. The van der Waals surface area contributed by atoms with Gasteiger partial charge in [0.25, 0.3) is 0 Å². The molecule has 0 aromatic rings. The van der Waals surface area contributed by atoms with Gasteiger partial charge in [0, 0.05) is 13.1 Å². The molecule has 0 bridgehead atoms. The van der Waals surface area contributed by atoms with Crippen molar-refractivity contribution in [1.82, 2.24) is 9.80 Å². The lowest BCUT2D eigenvalue weighted by atomic mass is 10.1. The van der Waals surface area contributed by atoms with Gasteiger partial charge in [-0.3, -0.25) is 9.69 Å². The first kappa shape index (κ1) is 13.0. The van der Waals surface area contributed by atoms with Crippen LogP contribution in [0.3, 0.4) is 0 Å². The first-order valence-corrected chi connectivity index (χ1v) is 6.00. The Morgan fingerprint density at radius 2 is 1.69 bits per heavy atom. The molecule has 0 aromatic carbocycles. The standard InChI is InChI=1S/C13H22N2O/c1-3-8-15(9-4-2)13(16)12-14-10-6-5-7-11-14/h3-4H,1-2,5-12H2. The second-order valence-corrected chi connectivity index (χ2v) is 4.21. The average Bonchev–Trinajstić information content (AvgIpc) is 2.30. The highest BCUT2D eigenvalue weighted by molar-refractivity contribution is 5.78. The molecule has 0 aromatic heterocycles. The number of hydrogen-bond acceptors (Lipinski definition) is 2. The summed E-state index contributed by atoms with van der Waals surface area (Å²) in [5.74, 6) is 0.182. The molecule has 1 aliphatic heterocycles. The van der Waals surface area contributed by atoms with Gasteiger partial charge in [-0.15, -0.1) is 13.2 Å². The molecule has 1 fully saturated rings. The minimum atomic E-state index is 0.182. The topological polar surface area (TPSA) is 23.6 Å². The van der Waals surface area contributed by atoms with Crippen molar-refractivity contribution >= 4 is 5.91 Å². The molecule has 1 amide bonds. The molecule has 0 aliphatic carbocycles. The predicted octanol–water partition coefficient (Wildman–Crippen LogP) is 1.67. The Morgan fingerprint density at radius 3 is 2.19 bits per heavy atom. The van der Waals surface area contributed by atoms with E-state index in [1.165, 1.54) is 19.3 Å². The molecule has 0 atom stereocenters. The quantitative estimate of drug-likeness (QED) is 0.638. The summed E-state index contributed by atoms with van der Waals surface area (Å²) in [4.78, 5) is 16.0. The van der Waals surface area contributed by atoms with E-state index in [2.05, 4.69) is 18.1 Å². The molecule has 16 heavy (non-hydrogen) atoms. The highest BCUT2D eigenvalue weighted by atomic mass is 16.2. The maximum Gasteiger partial charge on any atom is 0.237 e. The lowest BCUT2D eigenvalue weighted by Gasteiger charge is -2.28. The molecular weight excluding hydrogens is 200 g/mol. The summed E-state index contributed by atoms with van der Waals surface area (Å²) < 4.78 is 0. The summed E-state index contributed by atoms with van der Waals surface area (Å²) in [6, 6.07) is 0. The molecule has 90 valence electrons. The fraction of sp³-hybridized carbons (Fsp3) is 0.615. The summed E-state index contributed by atoms with van der Waals surface area (Å²) in [5, 5.41) is 0. The molecule has 0 radical (unpaired) electrons. The molecule has 0 saturated carbocycles. The van der Waals surface area contributed by atoms with Gasteiger partial charge in [0.05, 0.1) is 6.54 Å². The van der Waals surface area contributed by atoms with Crippen LogP contribution in [0.4, 0.5) is 0 Å². The zero-order valence-corrected chi connectivity index (χ0v) is 10.0. The Bertz CT molecular complexity index is 234. The summed E-state index contributed by atoms with van der Waals surface area (Å²) >= 11 is 0. The van der Waals surface area contributed by atoms with Crippen LogP contribution in [-0.2, 0) is 4.79 Å². The van der Waals surface area contributed by atoms with Gasteiger partial charge in [-0.1, -0.05) is 18.6 Å². The second kappa shape index (κ2) is 7.23. The number of likely N-dealkylation sites (tertiary alicyclic amines) is 1. The highest BCUT2D eigenvalue weighted by Gasteiger charge is 2.17. The van der Waals surface area contributed by atoms with Gasteiger partial charge >= 0.3 is 0 Å². The van der Waals surface area contributed by atoms with E-state index in [0.29, 0.717) is 19.6 Å². The Labute approximate surface area is 98.4 Å². The van der Waals surface area contributed by atoms with Crippen molar-refractivity contribution < 1.29 is 4.79 Å². The third-order valence-corrected chi connectivity index (χ3v) is 2.86. The highest BCUT2D eigenvalue weighted by Crippen LogP contribution is 2.08. The summed E-state index contributed by atoms with van der Waals surface area (Å²) in [6.07, 6.45) is 7.26. The summed E-state index contributed by atoms with van der Waals surface area (Å²) in [5.41, 5.74) is 0. The summed E-state index contributed by atoms with van der Waals surface area (Å²) in [7, 11) is 0. The van der Waals surface area contributed by atoms with Crippen LogP contribution in [0.5, 0.6) is 0 Å². The van der Waals surface area contributed by atoms with E-state index < -0.39 is 0 Å². The van der Waals surface area contributed by atoms with Crippen molar-refractivity contribution in [2.24, 2.45) is 0 Å². The molecular formula is C13H22N2O. The molecule has 1 saturated heterocycles. The van der Waals surface area contributed by atoms with Crippen LogP contribution < -0.4 is 0 Å². The van der Waals surface area contributed by atoms with Crippen molar-refractivity contribution in [3.8, 4) is 0 Å². The monoisotopic (exact) mass is 222 g/mol. The van der Waals surface area contributed by atoms with Gasteiger partial charge in [-0.25, -0.2) is 0 Å². The average molecular weight is 222 g/mol. The third kappa shape index (κ3) is 4.19. The van der Waals surface area contributed by atoms with Crippen molar-refractivity contribution in [3.05, 3.63) is 25.3 Å². The van der Waals surface area contributed by atoms with Gasteiger partial charge in [-0.05, 0) is 25.9 Å². The fourth-order valence-electron chi connectivity index (χ4n) is 2.00. The molecule has 1 aliphatic rings. The van der Waals surface area contributed by atoms with Gasteiger partial charge < -0.3 is 4.90 Å². The molecule has 0 unspecified atom stereocenters. The van der Waals surface area contributed by atoms with Crippen LogP contribution in [0, 0.1) is 0 Å². The molecule has 3 heteroatoms. The van der Waals surface area contributed by atoms with Crippen LogP contribution in [0.15, 0.2) is 25.3 Å². The van der Waals surface area contributed by atoms with Crippen LogP contribution in [-0.4, -0.2) is 48.4 Å². The van der Waals surface area contributed by atoms with E-state index >= 15 is 0 Å². The Hall–Kier alpha value is -1.09. The van der Waals surface area contributed by atoms with E-state index in [4.69, 9.17) is 0 Å². The van der Waals surface area contributed by atoms with Crippen LogP contribution in [0.2, 0.25) is 0 Å². The number of piperidine rings is 1. The lowest BCUT2D eigenvalue weighted by molar-refractivity contribution is -0.131. The van der Waals surface area contributed by atoms with E-state index in [-0.39, 0.29) is 5.91 Å². The first-order chi connectivity index (χ1) is 7.77. The number of carbonyl (C=O) groups excluding carboxylic acids is 1. The van der Waals surface area contributed by atoms with Crippen molar-refractivity contribution in [2.75, 3.05) is 32.7 Å². The van der Waals surface area contributed by atoms with Gasteiger partial charge in [0.2, 0.25) is 5.91 Å². The van der Waals surface area contributed by atoms with E-state index in [1.54, 1.807) is 17.1 Å².